The molecule has 1 unspecified atom stereocenters. The number of aromatic amines is 1. The molecule has 1 atom stereocenters. The fraction of sp³-hybridized carbons (Fsp3) is 0.118. The van der Waals surface area contributed by atoms with Gasteiger partial charge >= 0.3 is 5.91 Å². The van der Waals surface area contributed by atoms with Crippen LogP contribution >= 0.6 is 11.8 Å². The Balaban J connectivity index is 1.60. The average Bonchev–Trinajstić information content (AvgIpc) is 2.61. The van der Waals surface area contributed by atoms with Crippen molar-refractivity contribution in [2.24, 2.45) is 4.99 Å². The molecule has 1 aliphatic heterocycles. The predicted octanol–water partition coefficient (Wildman–Crippen LogP) is 0.969. The standard InChI is InChI=1S/C17H14N4O3S/c22-13(19-12-8-4-5-9-18-12)10-25-17-20-15(23)14(16(24)21-17)11-6-2-1-3-7-11/h1-9,14H,10H2,(H,18,19,22)(H,20,21,23,24)/p+1. The molecule has 3 amide bonds. The fourth-order valence-corrected chi connectivity index (χ4v) is 2.95. The van der Waals surface area contributed by atoms with Gasteiger partial charge in [-0.3, -0.25) is 9.59 Å². The van der Waals surface area contributed by atoms with Crippen LogP contribution in [0.25, 0.3) is 0 Å². The van der Waals surface area contributed by atoms with E-state index < -0.39 is 17.7 Å². The Morgan fingerprint density at radius 3 is 2.60 bits per heavy atom. The smallest absolute Gasteiger partial charge is 0.304 e. The van der Waals surface area contributed by atoms with Gasteiger partial charge in [0.15, 0.2) is 5.17 Å². The van der Waals surface area contributed by atoms with Crippen LogP contribution in [0.3, 0.4) is 0 Å². The number of pyridine rings is 1. The highest BCUT2D eigenvalue weighted by atomic mass is 32.2. The third-order valence-electron chi connectivity index (χ3n) is 3.41. The summed E-state index contributed by atoms with van der Waals surface area (Å²) >= 11 is 1.00. The summed E-state index contributed by atoms with van der Waals surface area (Å²) in [6.45, 7) is 0. The lowest BCUT2D eigenvalue weighted by Crippen LogP contribution is -2.41. The zero-order valence-corrected chi connectivity index (χ0v) is 13.9. The van der Waals surface area contributed by atoms with Gasteiger partial charge in [0.2, 0.25) is 5.91 Å². The number of amides is 3. The van der Waals surface area contributed by atoms with Gasteiger partial charge in [0.25, 0.3) is 11.7 Å². The van der Waals surface area contributed by atoms with E-state index in [1.165, 1.54) is 0 Å². The number of hydrogen-bond acceptors (Lipinski definition) is 4. The average molecular weight is 355 g/mol. The molecule has 2 heterocycles. The van der Waals surface area contributed by atoms with E-state index in [0.29, 0.717) is 11.4 Å². The van der Waals surface area contributed by atoms with Gasteiger partial charge in [-0.25, -0.2) is 15.1 Å². The number of hydrogen-bond donors (Lipinski definition) is 2. The Kier molecular flexibility index (Phi) is 5.20. The molecule has 0 saturated heterocycles. The summed E-state index contributed by atoms with van der Waals surface area (Å²) in [5.74, 6) is -1.62. The van der Waals surface area contributed by atoms with Gasteiger partial charge in [-0.15, -0.1) is 0 Å². The highest BCUT2D eigenvalue weighted by Gasteiger charge is 2.33. The Bertz CT molecular complexity index is 824. The molecule has 0 bridgehead atoms. The van der Waals surface area contributed by atoms with Crippen LogP contribution < -0.4 is 15.6 Å². The zero-order chi connectivity index (χ0) is 17.6. The summed E-state index contributed by atoms with van der Waals surface area (Å²) in [4.78, 5) is 43.1. The van der Waals surface area contributed by atoms with Gasteiger partial charge in [-0.05, 0) is 11.6 Å². The van der Waals surface area contributed by atoms with Gasteiger partial charge < -0.3 is 5.32 Å². The van der Waals surface area contributed by atoms with Crippen molar-refractivity contribution in [3.63, 3.8) is 0 Å². The molecule has 0 spiro atoms. The molecule has 3 rings (SSSR count). The summed E-state index contributed by atoms with van der Waals surface area (Å²) in [5.41, 5.74) is 0.593. The van der Waals surface area contributed by atoms with Gasteiger partial charge in [0.1, 0.15) is 11.7 Å². The number of carbonyl (C=O) groups is 3. The molecule has 2 aromatic rings. The SMILES string of the molecule is O=C(CSC1=NC(=O)C(c2ccccc2)C(=O)N1)Nc1cccc[nH+]1. The van der Waals surface area contributed by atoms with Gasteiger partial charge in [-0.2, -0.15) is 4.99 Å². The maximum absolute atomic E-state index is 12.2. The molecular formula is C17H15N4O3S+. The molecule has 1 aromatic carbocycles. The van der Waals surface area contributed by atoms with Gasteiger partial charge in [0.05, 0.1) is 6.20 Å². The lowest BCUT2D eigenvalue weighted by atomic mass is 9.97. The molecule has 7 nitrogen and oxygen atoms in total. The van der Waals surface area contributed by atoms with Crippen molar-refractivity contribution < 1.29 is 19.4 Å². The monoisotopic (exact) mass is 355 g/mol. The normalized spacial score (nSPS) is 16.8. The van der Waals surface area contributed by atoms with Crippen molar-refractivity contribution in [2.45, 2.75) is 5.92 Å². The summed E-state index contributed by atoms with van der Waals surface area (Å²) < 4.78 is 0. The number of aromatic nitrogens is 1. The second-order valence-corrected chi connectivity index (χ2v) is 6.17. The zero-order valence-electron chi connectivity index (χ0n) is 13.1. The fourth-order valence-electron chi connectivity index (χ4n) is 2.28. The van der Waals surface area contributed by atoms with E-state index in [2.05, 4.69) is 20.6 Å². The Morgan fingerprint density at radius 2 is 1.92 bits per heavy atom. The number of thioether (sulfide) groups is 1. The van der Waals surface area contributed by atoms with Crippen LogP contribution in [-0.2, 0) is 14.4 Å². The summed E-state index contributed by atoms with van der Waals surface area (Å²) in [5, 5.41) is 5.38. The van der Waals surface area contributed by atoms with E-state index in [1.807, 2.05) is 6.07 Å². The van der Waals surface area contributed by atoms with E-state index in [0.717, 1.165) is 11.8 Å². The highest BCUT2D eigenvalue weighted by Crippen LogP contribution is 2.22. The minimum absolute atomic E-state index is 0.0190. The van der Waals surface area contributed by atoms with Crippen LogP contribution in [0.4, 0.5) is 5.82 Å². The van der Waals surface area contributed by atoms with Crippen molar-refractivity contribution in [1.82, 2.24) is 5.32 Å². The number of rotatable bonds is 4. The number of H-pyrrole nitrogens is 1. The molecular weight excluding hydrogens is 340 g/mol. The largest absolute Gasteiger partial charge is 0.317 e. The number of amidine groups is 1. The summed E-state index contributed by atoms with van der Waals surface area (Å²) in [6.07, 6.45) is 1.69. The maximum atomic E-state index is 12.2. The molecule has 0 aliphatic carbocycles. The van der Waals surface area contributed by atoms with Crippen LogP contribution in [0.1, 0.15) is 11.5 Å². The van der Waals surface area contributed by atoms with Gasteiger partial charge in [0, 0.05) is 6.07 Å². The second kappa shape index (κ2) is 7.71. The van der Waals surface area contributed by atoms with Crippen molar-refractivity contribution in [1.29, 1.82) is 0 Å². The van der Waals surface area contributed by atoms with Crippen LogP contribution in [0.5, 0.6) is 0 Å². The van der Waals surface area contributed by atoms with E-state index in [-0.39, 0.29) is 16.8 Å². The number of carbonyl (C=O) groups excluding carboxylic acids is 3. The molecule has 0 radical (unpaired) electrons. The number of anilines is 1. The molecule has 25 heavy (non-hydrogen) atoms. The summed E-state index contributed by atoms with van der Waals surface area (Å²) in [7, 11) is 0. The van der Waals surface area contributed by atoms with Crippen molar-refractivity contribution >= 4 is 40.5 Å². The molecule has 8 heteroatoms. The number of nitrogens with one attached hydrogen (secondary N) is 3. The van der Waals surface area contributed by atoms with Crippen LogP contribution in [0.2, 0.25) is 0 Å². The molecule has 1 aliphatic rings. The summed E-state index contributed by atoms with van der Waals surface area (Å²) in [6, 6.07) is 14.0. The molecule has 126 valence electrons. The number of aliphatic imine (C=N–C) groups is 1. The Hall–Kier alpha value is -3.00. The van der Waals surface area contributed by atoms with E-state index in [1.54, 1.807) is 48.7 Å². The highest BCUT2D eigenvalue weighted by molar-refractivity contribution is 8.14. The van der Waals surface area contributed by atoms with E-state index in [9.17, 15) is 14.4 Å². The molecule has 1 aromatic heterocycles. The lowest BCUT2D eigenvalue weighted by Gasteiger charge is -2.19. The third kappa shape index (κ3) is 4.30. The Labute approximate surface area is 147 Å². The first-order chi connectivity index (χ1) is 12.1. The predicted molar refractivity (Wildman–Crippen MR) is 93.9 cm³/mol. The molecule has 0 fully saturated rings. The van der Waals surface area contributed by atoms with Crippen LogP contribution in [-0.4, -0.2) is 28.6 Å². The maximum Gasteiger partial charge on any atom is 0.317 e. The first kappa shape index (κ1) is 16.8. The van der Waals surface area contributed by atoms with Crippen molar-refractivity contribution in [3.05, 3.63) is 60.3 Å². The molecule has 3 N–H and O–H groups in total. The van der Waals surface area contributed by atoms with Crippen molar-refractivity contribution in [3.8, 4) is 0 Å². The van der Waals surface area contributed by atoms with Crippen LogP contribution in [0.15, 0.2) is 59.7 Å². The second-order valence-electron chi connectivity index (χ2n) is 5.20. The lowest BCUT2D eigenvalue weighted by molar-refractivity contribution is -0.360. The van der Waals surface area contributed by atoms with E-state index >= 15 is 0 Å². The van der Waals surface area contributed by atoms with E-state index in [4.69, 9.17) is 0 Å². The van der Waals surface area contributed by atoms with Crippen molar-refractivity contribution in [2.75, 3.05) is 11.1 Å². The molecule has 0 saturated carbocycles. The minimum atomic E-state index is -0.946. The quantitative estimate of drug-likeness (QED) is 0.798. The van der Waals surface area contributed by atoms with Gasteiger partial charge in [-0.1, -0.05) is 48.2 Å². The topological polar surface area (TPSA) is 102 Å². The number of nitrogens with zero attached hydrogens (tertiary/aromatic N) is 1. The minimum Gasteiger partial charge on any atom is -0.304 e. The Morgan fingerprint density at radius 1 is 1.16 bits per heavy atom. The van der Waals surface area contributed by atoms with Crippen LogP contribution in [0, 0.1) is 0 Å². The first-order valence-electron chi connectivity index (χ1n) is 7.51. The first-order valence-corrected chi connectivity index (χ1v) is 8.50. The number of benzene rings is 1. The third-order valence-corrected chi connectivity index (χ3v) is 4.28.